The first kappa shape index (κ1) is 28.6. The fourth-order valence-electron chi connectivity index (χ4n) is 4.26. The zero-order valence-corrected chi connectivity index (χ0v) is 23.3. The van der Waals surface area contributed by atoms with Crippen LogP contribution >= 0.6 is 23.2 Å². The number of amides is 1. The molecule has 0 aliphatic carbocycles. The van der Waals surface area contributed by atoms with Crippen LogP contribution in [0.3, 0.4) is 0 Å². The molecule has 1 aromatic heterocycles. The van der Waals surface area contributed by atoms with Gasteiger partial charge in [0.1, 0.15) is 17.2 Å². The normalized spacial score (nSPS) is 11.3. The number of aryl methyl sites for hydroxylation is 2. The lowest BCUT2D eigenvalue weighted by Gasteiger charge is -2.12. The van der Waals surface area contributed by atoms with Crippen LogP contribution in [0.2, 0.25) is 10.0 Å². The van der Waals surface area contributed by atoms with Crippen molar-refractivity contribution in [3.05, 3.63) is 45.7 Å². The van der Waals surface area contributed by atoms with Crippen LogP contribution in [0, 0.1) is 0 Å². The van der Waals surface area contributed by atoms with Crippen LogP contribution in [0.25, 0.3) is 23.2 Å². The summed E-state index contributed by atoms with van der Waals surface area (Å²) in [6.45, 7) is 1.70. The quantitative estimate of drug-likeness (QED) is 0.240. The average molecular weight is 551 g/mol. The number of ether oxygens (including phenoxy) is 3. The number of nitrogens with two attached hydrogens (primary N) is 1. The third kappa shape index (κ3) is 6.89. The molecular weight excluding hydrogens is 515 g/mol. The molecular formula is C27H35Cl2N4O4+. The molecule has 8 nitrogen and oxygen atoms in total. The van der Waals surface area contributed by atoms with E-state index in [2.05, 4.69) is 14.5 Å². The number of nitrogens with one attached hydrogen (secondary N) is 1. The number of hydrogen-bond donors (Lipinski definition) is 2. The number of benzene rings is 2. The van der Waals surface area contributed by atoms with Crippen LogP contribution in [-0.2, 0) is 18.4 Å². The van der Waals surface area contributed by atoms with Crippen molar-refractivity contribution < 1.29 is 23.6 Å². The predicted molar refractivity (Wildman–Crippen MR) is 149 cm³/mol. The molecule has 2 aromatic carbocycles. The number of rotatable bonds is 13. The van der Waals surface area contributed by atoms with Gasteiger partial charge < -0.3 is 25.3 Å². The number of nitrogens with zero attached hydrogens (tertiary/aromatic N) is 2. The van der Waals surface area contributed by atoms with Crippen molar-refractivity contribution in [3.63, 3.8) is 0 Å². The zero-order valence-electron chi connectivity index (χ0n) is 21.8. The molecule has 10 heteroatoms. The number of methoxy groups -OCH3 is 3. The van der Waals surface area contributed by atoms with E-state index in [9.17, 15) is 4.79 Å². The van der Waals surface area contributed by atoms with E-state index in [4.69, 9.17) is 43.1 Å². The van der Waals surface area contributed by atoms with Crippen molar-refractivity contribution in [2.24, 2.45) is 12.8 Å². The van der Waals surface area contributed by atoms with Gasteiger partial charge in [-0.1, -0.05) is 23.2 Å². The summed E-state index contributed by atoms with van der Waals surface area (Å²) < 4.78 is 20.9. The maximum Gasteiger partial charge on any atom is 0.282 e. The number of imidazole rings is 1. The molecule has 0 bridgehead atoms. The molecule has 0 fully saturated rings. The highest BCUT2D eigenvalue weighted by molar-refractivity contribution is 6.42. The van der Waals surface area contributed by atoms with E-state index in [1.165, 1.54) is 0 Å². The Morgan fingerprint density at radius 1 is 1.00 bits per heavy atom. The number of fused-ring (bicyclic) bond motifs is 1. The Morgan fingerprint density at radius 3 is 2.30 bits per heavy atom. The van der Waals surface area contributed by atoms with Crippen LogP contribution in [0.15, 0.2) is 24.3 Å². The molecule has 0 radical (unpaired) electrons. The van der Waals surface area contributed by atoms with Crippen LogP contribution in [0.4, 0.5) is 0 Å². The topological polar surface area (TPSA) is 91.6 Å². The summed E-state index contributed by atoms with van der Waals surface area (Å²) in [7, 11) is 6.82. The van der Waals surface area contributed by atoms with Gasteiger partial charge in [0, 0.05) is 49.9 Å². The van der Waals surface area contributed by atoms with Crippen molar-refractivity contribution in [2.75, 3.05) is 34.4 Å². The molecule has 37 heavy (non-hydrogen) atoms. The highest BCUT2D eigenvalue weighted by atomic mass is 35.5. The molecule has 0 atom stereocenters. The van der Waals surface area contributed by atoms with E-state index in [0.29, 0.717) is 46.8 Å². The molecule has 200 valence electrons. The molecule has 3 N–H and O–H groups in total. The van der Waals surface area contributed by atoms with Gasteiger partial charge in [0.15, 0.2) is 11.0 Å². The number of unbranched alkanes of at least 4 members (excludes halogenated alkanes) is 2. The molecule has 3 aromatic rings. The average Bonchev–Trinajstić information content (AvgIpc) is 3.15. The van der Waals surface area contributed by atoms with Crippen molar-refractivity contribution in [2.45, 2.75) is 32.2 Å². The zero-order chi connectivity index (χ0) is 26.9. The van der Waals surface area contributed by atoms with Crippen molar-refractivity contribution >= 4 is 52.3 Å². The van der Waals surface area contributed by atoms with E-state index in [1.807, 2.05) is 43.5 Å². The van der Waals surface area contributed by atoms with Gasteiger partial charge in [0.2, 0.25) is 5.91 Å². The molecule has 0 aliphatic rings. The summed E-state index contributed by atoms with van der Waals surface area (Å²) in [6.07, 6.45) is 7.08. The number of halogens is 2. The summed E-state index contributed by atoms with van der Waals surface area (Å²) in [5.41, 5.74) is 8.18. The highest BCUT2D eigenvalue weighted by Gasteiger charge is 2.23. The predicted octanol–water partition coefficient (Wildman–Crippen LogP) is 4.60. The smallest absolute Gasteiger partial charge is 0.282 e. The monoisotopic (exact) mass is 549 g/mol. The minimum Gasteiger partial charge on any atom is -0.496 e. The first-order valence-corrected chi connectivity index (χ1v) is 12.9. The lowest BCUT2D eigenvalue weighted by molar-refractivity contribution is -0.647. The van der Waals surface area contributed by atoms with Crippen molar-refractivity contribution in [3.8, 4) is 17.2 Å². The Morgan fingerprint density at radius 2 is 1.68 bits per heavy atom. The Bertz CT molecular complexity index is 1250. The molecule has 1 heterocycles. The Labute approximate surface area is 227 Å². The molecule has 0 saturated carbocycles. The third-order valence-corrected chi connectivity index (χ3v) is 6.92. The van der Waals surface area contributed by atoms with E-state index in [-0.39, 0.29) is 5.91 Å². The van der Waals surface area contributed by atoms with Gasteiger partial charge in [-0.05, 0) is 25.3 Å². The molecule has 0 unspecified atom stereocenters. The molecule has 0 spiro atoms. The van der Waals surface area contributed by atoms with Crippen LogP contribution in [0.5, 0.6) is 17.2 Å². The van der Waals surface area contributed by atoms with Gasteiger partial charge in [0.05, 0.1) is 50.5 Å². The molecule has 3 rings (SSSR count). The summed E-state index contributed by atoms with van der Waals surface area (Å²) in [6, 6.07) is 7.41. The Kier molecular flexibility index (Phi) is 10.5. The van der Waals surface area contributed by atoms with Crippen molar-refractivity contribution in [1.82, 2.24) is 9.88 Å². The number of aromatic nitrogens is 2. The standard InChI is InChI=1S/C27H34Cl2N4O4/c1-32-22-16-20(28)21(29)17-23(22)33(13-7-5-6-8-26(34)31-12-11-30)27(32)10-9-19-24(36-3)14-18(35-2)15-25(19)37-4/h9-10,14-17H,5-8,11-13,30H2,1-4H3/p+1/b10-9+. The van der Waals surface area contributed by atoms with E-state index in [1.54, 1.807) is 21.3 Å². The van der Waals surface area contributed by atoms with Crippen LogP contribution < -0.4 is 29.8 Å². The SMILES string of the molecule is COc1cc(OC)c(/C=C/c2n(CCCCCC(=O)NCCN)c3cc(Cl)c(Cl)cc3[n+]2C)c(OC)c1. The van der Waals surface area contributed by atoms with Gasteiger partial charge >= 0.3 is 0 Å². The second-order valence-corrected chi connectivity index (χ2v) is 9.37. The van der Waals surface area contributed by atoms with Gasteiger partial charge in [-0.2, -0.15) is 0 Å². The summed E-state index contributed by atoms with van der Waals surface area (Å²) in [4.78, 5) is 11.9. The summed E-state index contributed by atoms with van der Waals surface area (Å²) in [5.74, 6) is 2.91. The second-order valence-electron chi connectivity index (χ2n) is 8.55. The lowest BCUT2D eigenvalue weighted by atomic mass is 10.1. The van der Waals surface area contributed by atoms with E-state index in [0.717, 1.165) is 48.2 Å². The van der Waals surface area contributed by atoms with Crippen LogP contribution in [0.1, 0.15) is 37.1 Å². The van der Waals surface area contributed by atoms with Gasteiger partial charge in [-0.15, -0.1) is 0 Å². The molecule has 0 aliphatic heterocycles. The van der Waals surface area contributed by atoms with E-state index < -0.39 is 0 Å². The summed E-state index contributed by atoms with van der Waals surface area (Å²) in [5, 5.41) is 3.81. The fraction of sp³-hybridized carbons (Fsp3) is 0.407. The largest absolute Gasteiger partial charge is 0.496 e. The fourth-order valence-corrected chi connectivity index (χ4v) is 4.58. The minimum absolute atomic E-state index is 0.0377. The lowest BCUT2D eigenvalue weighted by Crippen LogP contribution is -2.31. The maximum atomic E-state index is 11.9. The van der Waals surface area contributed by atoms with E-state index >= 15 is 0 Å². The first-order valence-electron chi connectivity index (χ1n) is 12.2. The number of hydrogen-bond acceptors (Lipinski definition) is 5. The Hall–Kier alpha value is -2.94. The van der Waals surface area contributed by atoms with Gasteiger partial charge in [-0.3, -0.25) is 4.79 Å². The second kappa shape index (κ2) is 13.6. The number of carbonyl (C=O) groups excluding carboxylic acids is 1. The van der Waals surface area contributed by atoms with Gasteiger partial charge in [-0.25, -0.2) is 9.13 Å². The van der Waals surface area contributed by atoms with Crippen LogP contribution in [-0.4, -0.2) is 44.9 Å². The Balaban J connectivity index is 1.92. The van der Waals surface area contributed by atoms with Gasteiger partial charge in [0.25, 0.3) is 5.82 Å². The number of carbonyl (C=O) groups is 1. The third-order valence-electron chi connectivity index (χ3n) is 6.19. The maximum absolute atomic E-state index is 11.9. The van der Waals surface area contributed by atoms with Crippen molar-refractivity contribution in [1.29, 1.82) is 0 Å². The highest BCUT2D eigenvalue weighted by Crippen LogP contribution is 2.36. The summed E-state index contributed by atoms with van der Waals surface area (Å²) >= 11 is 12.7. The molecule has 0 saturated heterocycles. The first-order chi connectivity index (χ1) is 17.8. The molecule has 1 amide bonds. The minimum atomic E-state index is 0.0377.